The van der Waals surface area contributed by atoms with E-state index in [0.717, 1.165) is 4.90 Å². The fourth-order valence-corrected chi connectivity index (χ4v) is 3.71. The molecule has 0 aliphatic carbocycles. The van der Waals surface area contributed by atoms with Crippen LogP contribution in [0.5, 0.6) is 0 Å². The molecule has 20 heavy (non-hydrogen) atoms. The molecule has 1 saturated heterocycles. The fraction of sp³-hybridized carbons (Fsp3) is 0.800. The Morgan fingerprint density at radius 1 is 1.30 bits per heavy atom. The molecule has 1 fully saturated rings. The number of nitrogens with zero attached hydrogens (tertiary/aromatic N) is 1. The highest BCUT2D eigenvalue weighted by atomic mass is 32.2. The number of alkyl halides is 3. The molecule has 1 N–H and O–H groups in total. The summed E-state index contributed by atoms with van der Waals surface area (Å²) >= 11 is 0. The minimum atomic E-state index is -4.52. The molecular weight excluding hydrogens is 303 g/mol. The smallest absolute Gasteiger partial charge is 0.389 e. The molecule has 6 nitrogen and oxygen atoms in total. The van der Waals surface area contributed by atoms with Crippen LogP contribution in [-0.2, 0) is 19.4 Å². The van der Waals surface area contributed by atoms with Crippen molar-refractivity contribution in [2.24, 2.45) is 0 Å². The van der Waals surface area contributed by atoms with Crippen LogP contribution in [-0.4, -0.2) is 60.6 Å². The Morgan fingerprint density at radius 2 is 1.90 bits per heavy atom. The van der Waals surface area contributed by atoms with Crippen LogP contribution in [0.15, 0.2) is 0 Å². The van der Waals surface area contributed by atoms with E-state index in [9.17, 15) is 31.2 Å². The van der Waals surface area contributed by atoms with Crippen molar-refractivity contribution < 1.29 is 36.3 Å². The highest BCUT2D eigenvalue weighted by Gasteiger charge is 2.37. The molecule has 0 saturated carbocycles. The number of aliphatic carboxylic acids is 1. The lowest BCUT2D eigenvalue weighted by atomic mass is 10.2. The molecule has 0 spiro atoms. The lowest BCUT2D eigenvalue weighted by Crippen LogP contribution is -2.44. The molecule has 1 amide bonds. The number of carbonyl (C=O) groups excluding carboxylic acids is 1. The van der Waals surface area contributed by atoms with Crippen LogP contribution in [0, 0.1) is 0 Å². The lowest BCUT2D eigenvalue weighted by molar-refractivity contribution is -0.153. The minimum absolute atomic E-state index is 0.0490. The Morgan fingerprint density at radius 3 is 2.30 bits per heavy atom. The summed E-state index contributed by atoms with van der Waals surface area (Å²) in [7, 11) is -3.36. The topological polar surface area (TPSA) is 91.8 Å². The molecule has 0 aromatic rings. The molecule has 10 heteroatoms. The van der Waals surface area contributed by atoms with Crippen LogP contribution < -0.4 is 0 Å². The van der Waals surface area contributed by atoms with Crippen molar-refractivity contribution in [3.05, 3.63) is 0 Å². The zero-order chi connectivity index (χ0) is 15.6. The maximum absolute atomic E-state index is 12.1. The average molecular weight is 317 g/mol. The molecule has 1 rings (SSSR count). The van der Waals surface area contributed by atoms with Gasteiger partial charge in [0, 0.05) is 12.5 Å². The summed E-state index contributed by atoms with van der Waals surface area (Å²) in [6.07, 6.45) is -6.71. The number of rotatable bonds is 5. The summed E-state index contributed by atoms with van der Waals surface area (Å²) in [5.74, 6) is -2.99. The predicted molar refractivity (Wildman–Crippen MR) is 61.7 cm³/mol. The van der Waals surface area contributed by atoms with Crippen molar-refractivity contribution in [1.29, 1.82) is 0 Å². The first-order chi connectivity index (χ1) is 9.00. The van der Waals surface area contributed by atoms with Gasteiger partial charge in [-0.15, -0.1) is 0 Å². The molecule has 1 aliphatic rings. The van der Waals surface area contributed by atoms with Gasteiger partial charge in [0.2, 0.25) is 5.91 Å². The minimum Gasteiger partial charge on any atom is -0.480 e. The summed E-state index contributed by atoms with van der Waals surface area (Å²) in [5, 5.41) is 8.69. The first kappa shape index (κ1) is 16.7. The van der Waals surface area contributed by atoms with E-state index in [0.29, 0.717) is 0 Å². The molecular formula is C10H14F3NO5S. The fourth-order valence-electron chi connectivity index (χ4n) is 1.98. The van der Waals surface area contributed by atoms with Gasteiger partial charge in [-0.1, -0.05) is 0 Å². The van der Waals surface area contributed by atoms with E-state index in [1.165, 1.54) is 0 Å². The van der Waals surface area contributed by atoms with E-state index < -0.39 is 59.1 Å². The Bertz CT molecular complexity index is 488. The van der Waals surface area contributed by atoms with Gasteiger partial charge >= 0.3 is 12.1 Å². The second-order valence-corrected chi connectivity index (χ2v) is 6.82. The van der Waals surface area contributed by atoms with Crippen molar-refractivity contribution in [2.45, 2.75) is 31.5 Å². The Balaban J connectivity index is 2.74. The maximum atomic E-state index is 12.1. The van der Waals surface area contributed by atoms with Gasteiger partial charge < -0.3 is 10.0 Å². The van der Waals surface area contributed by atoms with Crippen LogP contribution in [0.25, 0.3) is 0 Å². The predicted octanol–water partition coefficient (Wildman–Crippen LogP) is 0.429. The lowest BCUT2D eigenvalue weighted by Gasteiger charge is -2.26. The monoisotopic (exact) mass is 317 g/mol. The number of hydrogen-bond donors (Lipinski definition) is 1. The SMILES string of the molecule is O=C(O)CN(C(=O)CCC(F)(F)F)C1CCS(=O)(=O)C1. The quantitative estimate of drug-likeness (QED) is 0.794. The standard InChI is InChI=1S/C10H14F3NO5S/c11-10(12,13)3-1-8(15)14(5-9(16)17)7-2-4-20(18,19)6-7/h7H,1-6H2,(H,16,17). The van der Waals surface area contributed by atoms with Crippen molar-refractivity contribution in [1.82, 2.24) is 4.90 Å². The van der Waals surface area contributed by atoms with E-state index in [-0.39, 0.29) is 12.2 Å². The molecule has 0 bridgehead atoms. The number of amides is 1. The zero-order valence-electron chi connectivity index (χ0n) is 10.4. The van der Waals surface area contributed by atoms with Crippen LogP contribution >= 0.6 is 0 Å². The Hall–Kier alpha value is -1.32. The van der Waals surface area contributed by atoms with Gasteiger partial charge in [-0.25, -0.2) is 8.42 Å². The van der Waals surface area contributed by atoms with Crippen molar-refractivity contribution in [3.8, 4) is 0 Å². The van der Waals surface area contributed by atoms with Crippen LogP contribution in [0.1, 0.15) is 19.3 Å². The van der Waals surface area contributed by atoms with E-state index in [1.54, 1.807) is 0 Å². The number of hydrogen-bond acceptors (Lipinski definition) is 4. The number of halogens is 3. The number of carboxylic acid groups (broad SMARTS) is 1. The molecule has 1 heterocycles. The molecule has 0 aromatic heterocycles. The second-order valence-electron chi connectivity index (χ2n) is 4.59. The number of carbonyl (C=O) groups is 2. The molecule has 116 valence electrons. The summed E-state index contributed by atoms with van der Waals surface area (Å²) in [5.41, 5.74) is 0. The van der Waals surface area contributed by atoms with Gasteiger partial charge in [0.25, 0.3) is 0 Å². The number of sulfone groups is 1. The third-order valence-corrected chi connectivity index (χ3v) is 4.65. The van der Waals surface area contributed by atoms with E-state index in [1.807, 2.05) is 0 Å². The molecule has 0 aromatic carbocycles. The van der Waals surface area contributed by atoms with Gasteiger partial charge in [-0.05, 0) is 6.42 Å². The average Bonchev–Trinajstić information content (AvgIpc) is 2.62. The van der Waals surface area contributed by atoms with Crippen LogP contribution in [0.4, 0.5) is 13.2 Å². The van der Waals surface area contributed by atoms with E-state index in [2.05, 4.69) is 0 Å². The summed E-state index contributed by atoms with van der Waals surface area (Å²) < 4.78 is 58.8. The first-order valence-corrected chi connectivity index (χ1v) is 7.61. The van der Waals surface area contributed by atoms with Crippen molar-refractivity contribution in [3.63, 3.8) is 0 Å². The van der Waals surface area contributed by atoms with Crippen LogP contribution in [0.3, 0.4) is 0 Å². The van der Waals surface area contributed by atoms with Crippen molar-refractivity contribution >= 4 is 21.7 Å². The number of carboxylic acids is 1. The summed E-state index contributed by atoms with van der Waals surface area (Å²) in [6, 6.07) is -0.864. The first-order valence-electron chi connectivity index (χ1n) is 5.78. The summed E-state index contributed by atoms with van der Waals surface area (Å²) in [4.78, 5) is 23.1. The van der Waals surface area contributed by atoms with Gasteiger partial charge in [0.05, 0.1) is 17.9 Å². The van der Waals surface area contributed by atoms with Gasteiger partial charge in [0.15, 0.2) is 9.84 Å². The molecule has 1 atom stereocenters. The highest BCUT2D eigenvalue weighted by Crippen LogP contribution is 2.24. The Labute approximate surface area is 113 Å². The second kappa shape index (κ2) is 5.98. The van der Waals surface area contributed by atoms with Crippen LogP contribution in [0.2, 0.25) is 0 Å². The molecule has 1 unspecified atom stereocenters. The normalized spacial score (nSPS) is 21.6. The molecule has 0 radical (unpaired) electrons. The molecule has 1 aliphatic heterocycles. The largest absolute Gasteiger partial charge is 0.480 e. The van der Waals surface area contributed by atoms with Gasteiger partial charge in [-0.3, -0.25) is 9.59 Å². The third-order valence-electron chi connectivity index (χ3n) is 2.90. The van der Waals surface area contributed by atoms with E-state index in [4.69, 9.17) is 5.11 Å². The van der Waals surface area contributed by atoms with Gasteiger partial charge in [0.1, 0.15) is 6.54 Å². The third kappa shape index (κ3) is 5.35. The van der Waals surface area contributed by atoms with Crippen molar-refractivity contribution in [2.75, 3.05) is 18.1 Å². The maximum Gasteiger partial charge on any atom is 0.389 e. The zero-order valence-corrected chi connectivity index (χ0v) is 11.2. The van der Waals surface area contributed by atoms with E-state index >= 15 is 0 Å². The summed E-state index contributed by atoms with van der Waals surface area (Å²) in [6.45, 7) is -0.795. The highest BCUT2D eigenvalue weighted by molar-refractivity contribution is 7.91. The van der Waals surface area contributed by atoms with Gasteiger partial charge in [-0.2, -0.15) is 13.2 Å². The Kier molecular flexibility index (Phi) is 5.00.